The summed E-state index contributed by atoms with van der Waals surface area (Å²) < 4.78 is 0.853. The monoisotopic (exact) mass is 285 g/mol. The number of nitrogens with zero attached hydrogens (tertiary/aromatic N) is 1. The van der Waals surface area contributed by atoms with E-state index >= 15 is 0 Å². The van der Waals surface area contributed by atoms with Gasteiger partial charge in [0.05, 0.1) is 33.6 Å². The molecule has 0 saturated heterocycles. The van der Waals surface area contributed by atoms with Gasteiger partial charge in [-0.1, -0.05) is 6.58 Å². The second-order valence-corrected chi connectivity index (χ2v) is 5.98. The van der Waals surface area contributed by atoms with Gasteiger partial charge in [-0.2, -0.15) is 0 Å². The van der Waals surface area contributed by atoms with E-state index in [1.54, 1.807) is 6.92 Å². The Morgan fingerprint density at radius 2 is 1.70 bits per heavy atom. The lowest BCUT2D eigenvalue weighted by atomic mass is 10.2. The fourth-order valence-electron chi connectivity index (χ4n) is 1.96. The first kappa shape index (κ1) is 18.6. The van der Waals surface area contributed by atoms with Crippen molar-refractivity contribution in [1.82, 2.24) is 5.32 Å². The first-order valence-corrected chi connectivity index (χ1v) is 7.22. The third kappa shape index (κ3) is 10.6. The van der Waals surface area contributed by atoms with Crippen LogP contribution in [0.15, 0.2) is 12.2 Å². The van der Waals surface area contributed by atoms with E-state index in [0.717, 1.165) is 43.3 Å². The average Bonchev–Trinajstić information content (AvgIpc) is 2.32. The lowest BCUT2D eigenvalue weighted by Crippen LogP contribution is -2.41. The Morgan fingerprint density at radius 1 is 1.10 bits per heavy atom. The van der Waals surface area contributed by atoms with E-state index in [1.807, 2.05) is 0 Å². The summed E-state index contributed by atoms with van der Waals surface area (Å²) in [5.41, 5.74) is 0.543. The summed E-state index contributed by atoms with van der Waals surface area (Å²) in [6.45, 7) is 7.90. The molecule has 0 spiro atoms. The van der Waals surface area contributed by atoms with E-state index in [9.17, 15) is 9.59 Å². The van der Waals surface area contributed by atoms with Crippen LogP contribution >= 0.6 is 0 Å². The van der Waals surface area contributed by atoms with Crippen LogP contribution in [0.5, 0.6) is 0 Å². The van der Waals surface area contributed by atoms with Crippen LogP contribution in [-0.4, -0.2) is 55.2 Å². The molecule has 0 aromatic rings. The first-order valence-electron chi connectivity index (χ1n) is 7.22. The summed E-state index contributed by atoms with van der Waals surface area (Å²) in [5, 5.41) is 11.4. The van der Waals surface area contributed by atoms with Crippen molar-refractivity contribution in [2.24, 2.45) is 0 Å². The maximum atomic E-state index is 11.2. The quantitative estimate of drug-likeness (QED) is 0.345. The number of hydrogen-bond donors (Lipinski definition) is 2. The first-order chi connectivity index (χ1) is 9.24. The summed E-state index contributed by atoms with van der Waals surface area (Å²) >= 11 is 0. The Morgan fingerprint density at radius 3 is 2.25 bits per heavy atom. The fourth-order valence-corrected chi connectivity index (χ4v) is 1.96. The molecule has 0 rings (SSSR count). The van der Waals surface area contributed by atoms with Crippen LogP contribution in [0.3, 0.4) is 0 Å². The highest BCUT2D eigenvalue weighted by Crippen LogP contribution is 2.06. The number of carbonyl (C=O) groups is 2. The molecule has 5 heteroatoms. The molecule has 0 atom stereocenters. The molecule has 0 aromatic heterocycles. The number of carboxylic acid groups (broad SMARTS) is 1. The standard InChI is InChI=1S/C15H28N2O3/c1-13(2)15(20)16-10-6-5-7-11-17(3,4)12-8-9-14(18)19/h1,5-12H2,2-4H3,(H-,16,18,19,20)/p+1. The van der Waals surface area contributed by atoms with Crippen LogP contribution in [-0.2, 0) is 9.59 Å². The zero-order chi connectivity index (χ0) is 15.6. The number of hydrogen-bond acceptors (Lipinski definition) is 2. The number of nitrogens with one attached hydrogen (secondary N) is 1. The molecule has 0 aliphatic carbocycles. The number of carbonyl (C=O) groups excluding carboxylic acids is 1. The number of aliphatic carboxylic acids is 1. The maximum absolute atomic E-state index is 11.2. The summed E-state index contributed by atoms with van der Waals surface area (Å²) in [6, 6.07) is 0. The van der Waals surface area contributed by atoms with Crippen molar-refractivity contribution >= 4 is 11.9 Å². The van der Waals surface area contributed by atoms with E-state index in [2.05, 4.69) is 26.0 Å². The SMILES string of the molecule is C=C(C)C(=O)NCCCCC[N+](C)(C)CCCC(=O)O. The van der Waals surface area contributed by atoms with Gasteiger partial charge in [0, 0.05) is 18.5 Å². The third-order valence-electron chi connectivity index (χ3n) is 3.27. The lowest BCUT2D eigenvalue weighted by molar-refractivity contribution is -0.890. The van der Waals surface area contributed by atoms with Gasteiger partial charge in [0.25, 0.3) is 0 Å². The predicted molar refractivity (Wildman–Crippen MR) is 80.4 cm³/mol. The van der Waals surface area contributed by atoms with Crippen molar-refractivity contribution in [1.29, 1.82) is 0 Å². The molecule has 0 saturated carbocycles. The Balaban J connectivity index is 3.59. The second kappa shape index (κ2) is 9.53. The van der Waals surface area contributed by atoms with Crippen LogP contribution in [0.4, 0.5) is 0 Å². The Kier molecular flexibility index (Phi) is 8.88. The molecule has 0 unspecified atom stereocenters. The number of carboxylic acids is 1. The molecule has 116 valence electrons. The van der Waals surface area contributed by atoms with Gasteiger partial charge in [-0.25, -0.2) is 0 Å². The van der Waals surface area contributed by atoms with E-state index in [0.29, 0.717) is 12.1 Å². The van der Waals surface area contributed by atoms with Crippen LogP contribution in [0, 0.1) is 0 Å². The molecule has 1 amide bonds. The molecule has 0 fully saturated rings. The smallest absolute Gasteiger partial charge is 0.303 e. The van der Waals surface area contributed by atoms with E-state index in [1.165, 1.54) is 0 Å². The number of amides is 1. The normalized spacial score (nSPS) is 11.2. The van der Waals surface area contributed by atoms with Gasteiger partial charge >= 0.3 is 5.97 Å². The van der Waals surface area contributed by atoms with Gasteiger partial charge in [0.1, 0.15) is 0 Å². The minimum absolute atomic E-state index is 0.0743. The molecule has 0 aliphatic heterocycles. The van der Waals surface area contributed by atoms with E-state index < -0.39 is 5.97 Å². The van der Waals surface area contributed by atoms with Gasteiger partial charge < -0.3 is 14.9 Å². The molecule has 0 heterocycles. The highest BCUT2D eigenvalue weighted by atomic mass is 16.4. The number of quaternary nitrogens is 1. The maximum Gasteiger partial charge on any atom is 0.303 e. The van der Waals surface area contributed by atoms with Gasteiger partial charge in [0.2, 0.25) is 5.91 Å². The minimum Gasteiger partial charge on any atom is -0.481 e. The van der Waals surface area contributed by atoms with Crippen molar-refractivity contribution < 1.29 is 19.2 Å². The number of rotatable bonds is 11. The predicted octanol–water partition coefficient (Wildman–Crippen LogP) is 1.79. The van der Waals surface area contributed by atoms with Crippen LogP contribution < -0.4 is 5.32 Å². The zero-order valence-electron chi connectivity index (χ0n) is 13.1. The van der Waals surface area contributed by atoms with E-state index in [-0.39, 0.29) is 12.3 Å². The molecule has 0 radical (unpaired) electrons. The van der Waals surface area contributed by atoms with E-state index in [4.69, 9.17) is 5.11 Å². The molecule has 5 nitrogen and oxygen atoms in total. The Bertz CT molecular complexity index is 338. The van der Waals surface area contributed by atoms with Crippen molar-refractivity contribution in [3.63, 3.8) is 0 Å². The summed E-state index contributed by atoms with van der Waals surface area (Å²) in [7, 11) is 4.26. The molecule has 20 heavy (non-hydrogen) atoms. The highest BCUT2D eigenvalue weighted by molar-refractivity contribution is 5.91. The zero-order valence-corrected chi connectivity index (χ0v) is 13.1. The van der Waals surface area contributed by atoms with Gasteiger partial charge in [-0.3, -0.25) is 9.59 Å². The molecular weight excluding hydrogens is 256 g/mol. The van der Waals surface area contributed by atoms with Crippen molar-refractivity contribution in [2.45, 2.75) is 39.0 Å². The van der Waals surface area contributed by atoms with Crippen molar-refractivity contribution in [3.8, 4) is 0 Å². The summed E-state index contributed by atoms with van der Waals surface area (Å²) in [5.74, 6) is -0.798. The molecule has 0 aliphatic rings. The third-order valence-corrected chi connectivity index (χ3v) is 3.27. The van der Waals surface area contributed by atoms with Crippen molar-refractivity contribution in [2.75, 3.05) is 33.7 Å². The fraction of sp³-hybridized carbons (Fsp3) is 0.733. The summed E-state index contributed by atoms with van der Waals surface area (Å²) in [4.78, 5) is 21.7. The minimum atomic E-state index is -0.724. The molecule has 2 N–H and O–H groups in total. The Hall–Kier alpha value is -1.36. The Labute approximate surface area is 122 Å². The highest BCUT2D eigenvalue weighted by Gasteiger charge is 2.14. The van der Waals surface area contributed by atoms with Gasteiger partial charge in [-0.05, 0) is 26.2 Å². The van der Waals surface area contributed by atoms with Crippen LogP contribution in [0.25, 0.3) is 0 Å². The number of unbranched alkanes of at least 4 members (excludes halogenated alkanes) is 2. The molecule has 0 bridgehead atoms. The summed E-state index contributed by atoms with van der Waals surface area (Å²) in [6.07, 6.45) is 4.08. The second-order valence-electron chi connectivity index (χ2n) is 5.98. The van der Waals surface area contributed by atoms with Gasteiger partial charge in [-0.15, -0.1) is 0 Å². The topological polar surface area (TPSA) is 66.4 Å². The van der Waals surface area contributed by atoms with Crippen LogP contribution in [0.1, 0.15) is 39.0 Å². The molecular formula is C15H29N2O3+. The molecule has 0 aromatic carbocycles. The van der Waals surface area contributed by atoms with Crippen molar-refractivity contribution in [3.05, 3.63) is 12.2 Å². The largest absolute Gasteiger partial charge is 0.481 e. The lowest BCUT2D eigenvalue weighted by Gasteiger charge is -2.29. The average molecular weight is 285 g/mol. The van der Waals surface area contributed by atoms with Crippen LogP contribution in [0.2, 0.25) is 0 Å². The van der Waals surface area contributed by atoms with Gasteiger partial charge in [0.15, 0.2) is 0 Å².